The van der Waals surface area contributed by atoms with E-state index in [2.05, 4.69) is 18.2 Å². The van der Waals surface area contributed by atoms with Crippen LogP contribution < -0.4 is 4.74 Å². The molecule has 0 aromatic heterocycles. The van der Waals surface area contributed by atoms with Crippen LogP contribution in [-0.2, 0) is 20.7 Å². The number of carbonyl (C=O) groups is 2. The lowest BCUT2D eigenvalue weighted by Crippen LogP contribution is -2.34. The molecule has 1 heterocycles. The molecule has 5 rings (SSSR count). The average molecular weight is 495 g/mol. The van der Waals surface area contributed by atoms with E-state index in [1.54, 1.807) is 13.2 Å². The second-order valence-electron chi connectivity index (χ2n) is 9.35. The quantitative estimate of drug-likeness (QED) is 0.401. The fourth-order valence-corrected chi connectivity index (χ4v) is 5.15. The third-order valence-corrected chi connectivity index (χ3v) is 6.88. The molecule has 0 saturated heterocycles. The molecule has 0 N–H and O–H groups in total. The Morgan fingerprint density at radius 3 is 2.51 bits per heavy atom. The molecule has 3 aromatic rings. The van der Waals surface area contributed by atoms with E-state index in [1.807, 2.05) is 66.7 Å². The normalized spacial score (nSPS) is 19.8. The number of rotatable bonds is 7. The van der Waals surface area contributed by atoms with Gasteiger partial charge in [-0.2, -0.15) is 5.10 Å². The van der Waals surface area contributed by atoms with Crippen molar-refractivity contribution in [3.8, 4) is 5.75 Å². The van der Waals surface area contributed by atoms with Crippen LogP contribution in [0.4, 0.5) is 0 Å². The third kappa shape index (κ3) is 5.64. The van der Waals surface area contributed by atoms with Crippen LogP contribution in [0.5, 0.6) is 5.75 Å². The van der Waals surface area contributed by atoms with Gasteiger partial charge in [-0.25, -0.2) is 5.01 Å². The van der Waals surface area contributed by atoms with Crippen molar-refractivity contribution in [2.75, 3.05) is 13.7 Å². The lowest BCUT2D eigenvalue weighted by molar-refractivity contribution is -0.152. The molecule has 2 unspecified atom stereocenters. The van der Waals surface area contributed by atoms with E-state index in [0.717, 1.165) is 47.2 Å². The minimum absolute atomic E-state index is 0.0632. The van der Waals surface area contributed by atoms with Crippen LogP contribution in [0.2, 0.25) is 0 Å². The van der Waals surface area contributed by atoms with Gasteiger partial charge in [0.25, 0.3) is 5.91 Å². The van der Waals surface area contributed by atoms with Crippen molar-refractivity contribution in [2.24, 2.45) is 11.0 Å². The van der Waals surface area contributed by atoms with Gasteiger partial charge >= 0.3 is 5.97 Å². The number of nitrogens with zero attached hydrogens (tertiary/aromatic N) is 2. The molecule has 2 aliphatic rings. The smallest absolute Gasteiger partial charge is 0.310 e. The number of methoxy groups -OCH3 is 1. The number of hydrogen-bond acceptors (Lipinski definition) is 5. The summed E-state index contributed by atoms with van der Waals surface area (Å²) >= 11 is 0. The fourth-order valence-electron chi connectivity index (χ4n) is 5.15. The van der Waals surface area contributed by atoms with Crippen molar-refractivity contribution < 1.29 is 19.1 Å². The van der Waals surface area contributed by atoms with Crippen molar-refractivity contribution in [1.29, 1.82) is 0 Å². The second-order valence-corrected chi connectivity index (χ2v) is 9.35. The molecule has 1 fully saturated rings. The number of ether oxygens (including phenoxy) is 2. The Balaban J connectivity index is 1.35. The minimum Gasteiger partial charge on any atom is -0.497 e. The highest BCUT2D eigenvalue weighted by molar-refractivity contribution is 6.08. The summed E-state index contributed by atoms with van der Waals surface area (Å²) in [5.74, 6) is -0.0231. The van der Waals surface area contributed by atoms with Crippen LogP contribution in [0, 0.1) is 5.92 Å². The van der Waals surface area contributed by atoms with E-state index in [9.17, 15) is 9.59 Å². The summed E-state index contributed by atoms with van der Waals surface area (Å²) in [4.78, 5) is 25.9. The Bertz CT molecular complexity index is 1320. The van der Waals surface area contributed by atoms with Crippen LogP contribution >= 0.6 is 0 Å². The molecule has 1 aliphatic heterocycles. The first-order valence-electron chi connectivity index (χ1n) is 12.6. The predicted molar refractivity (Wildman–Crippen MR) is 143 cm³/mol. The zero-order valence-corrected chi connectivity index (χ0v) is 20.9. The van der Waals surface area contributed by atoms with Gasteiger partial charge in [0, 0.05) is 5.92 Å². The minimum atomic E-state index is -0.466. The maximum absolute atomic E-state index is 13.4. The maximum Gasteiger partial charge on any atom is 0.310 e. The molecule has 2 atom stereocenters. The van der Waals surface area contributed by atoms with Crippen molar-refractivity contribution >= 4 is 23.7 Å². The van der Waals surface area contributed by atoms with E-state index in [1.165, 1.54) is 5.01 Å². The van der Waals surface area contributed by atoms with Crippen LogP contribution in [0.25, 0.3) is 6.08 Å². The van der Waals surface area contributed by atoms with E-state index in [0.29, 0.717) is 5.75 Å². The summed E-state index contributed by atoms with van der Waals surface area (Å²) in [6, 6.07) is 27.2. The SMILES string of the molecule is COc1cccc(CC(=O)OCC(=O)N2N=C3/C(=C\c4ccccc4)CCCC3C2c2ccccc2)c1. The Kier molecular flexibility index (Phi) is 7.45. The largest absolute Gasteiger partial charge is 0.497 e. The second kappa shape index (κ2) is 11.2. The standard InChI is InChI=1S/C31H30N2O4/c1-36-26-16-8-12-23(19-26)20-29(35)37-21-28(34)33-31(24-13-6-3-7-14-24)27-17-9-15-25(30(27)32-33)18-22-10-4-2-5-11-22/h2-8,10-14,16,18-19,27,31H,9,15,17,20-21H2,1H3/b25-18-. The topological polar surface area (TPSA) is 68.2 Å². The van der Waals surface area contributed by atoms with Gasteiger partial charge < -0.3 is 9.47 Å². The Morgan fingerprint density at radius 2 is 1.76 bits per heavy atom. The average Bonchev–Trinajstić information content (AvgIpc) is 3.34. The fraction of sp³-hybridized carbons (Fsp3) is 0.258. The molecular weight excluding hydrogens is 464 g/mol. The van der Waals surface area contributed by atoms with Crippen LogP contribution in [0.1, 0.15) is 42.0 Å². The Labute approximate surface area is 217 Å². The van der Waals surface area contributed by atoms with Crippen molar-refractivity contribution in [2.45, 2.75) is 31.7 Å². The molecule has 1 saturated carbocycles. The molecule has 6 nitrogen and oxygen atoms in total. The highest BCUT2D eigenvalue weighted by Crippen LogP contribution is 2.44. The molecule has 6 heteroatoms. The summed E-state index contributed by atoms with van der Waals surface area (Å²) in [7, 11) is 1.58. The van der Waals surface area contributed by atoms with E-state index in [4.69, 9.17) is 14.6 Å². The number of esters is 1. The van der Waals surface area contributed by atoms with Crippen LogP contribution in [0.3, 0.4) is 0 Å². The number of amides is 1. The first-order chi connectivity index (χ1) is 18.1. The summed E-state index contributed by atoms with van der Waals surface area (Å²) in [6.45, 7) is -0.354. The first kappa shape index (κ1) is 24.5. The molecule has 0 spiro atoms. The summed E-state index contributed by atoms with van der Waals surface area (Å²) in [5, 5.41) is 6.39. The van der Waals surface area contributed by atoms with E-state index >= 15 is 0 Å². The van der Waals surface area contributed by atoms with Gasteiger partial charge in [-0.3, -0.25) is 9.59 Å². The van der Waals surface area contributed by atoms with Crippen molar-refractivity contribution in [3.63, 3.8) is 0 Å². The van der Waals surface area contributed by atoms with Gasteiger partial charge in [-0.05, 0) is 59.7 Å². The Hall–Kier alpha value is -4.19. The number of allylic oxidation sites excluding steroid dienone is 1. The number of carbonyl (C=O) groups excluding carboxylic acids is 2. The van der Waals surface area contributed by atoms with Crippen molar-refractivity contribution in [3.05, 3.63) is 107 Å². The van der Waals surface area contributed by atoms with Gasteiger partial charge in [0.2, 0.25) is 0 Å². The van der Waals surface area contributed by atoms with Gasteiger partial charge in [-0.1, -0.05) is 72.8 Å². The van der Waals surface area contributed by atoms with Gasteiger partial charge in [0.05, 0.1) is 25.3 Å². The van der Waals surface area contributed by atoms with E-state index < -0.39 is 5.97 Å². The van der Waals surface area contributed by atoms with Crippen LogP contribution in [-0.4, -0.2) is 36.3 Å². The Morgan fingerprint density at radius 1 is 1.00 bits per heavy atom. The number of fused-ring (bicyclic) bond motifs is 1. The first-order valence-corrected chi connectivity index (χ1v) is 12.6. The molecular formula is C31H30N2O4. The number of hydrogen-bond donors (Lipinski definition) is 0. The monoisotopic (exact) mass is 494 g/mol. The zero-order valence-electron chi connectivity index (χ0n) is 20.9. The lowest BCUT2D eigenvalue weighted by Gasteiger charge is -2.29. The molecule has 1 aliphatic carbocycles. The number of hydrazone groups is 1. The third-order valence-electron chi connectivity index (χ3n) is 6.88. The van der Waals surface area contributed by atoms with Gasteiger partial charge in [0.15, 0.2) is 6.61 Å². The number of benzene rings is 3. The summed E-state index contributed by atoms with van der Waals surface area (Å²) < 4.78 is 10.6. The molecule has 0 radical (unpaired) electrons. The highest BCUT2D eigenvalue weighted by Gasteiger charge is 2.43. The highest BCUT2D eigenvalue weighted by atomic mass is 16.5. The summed E-state index contributed by atoms with van der Waals surface area (Å²) in [6.07, 6.45) is 5.14. The van der Waals surface area contributed by atoms with Crippen LogP contribution in [0.15, 0.2) is 95.6 Å². The molecule has 37 heavy (non-hydrogen) atoms. The molecule has 1 amide bonds. The van der Waals surface area contributed by atoms with Gasteiger partial charge in [-0.15, -0.1) is 0 Å². The summed E-state index contributed by atoms with van der Waals surface area (Å²) in [5.41, 5.74) is 5.03. The van der Waals surface area contributed by atoms with E-state index in [-0.39, 0.29) is 30.9 Å². The lowest BCUT2D eigenvalue weighted by atomic mass is 9.77. The van der Waals surface area contributed by atoms with Gasteiger partial charge in [0.1, 0.15) is 5.75 Å². The molecule has 188 valence electrons. The zero-order chi connectivity index (χ0) is 25.6. The predicted octanol–water partition coefficient (Wildman–Crippen LogP) is 5.60. The van der Waals surface area contributed by atoms with Crippen molar-refractivity contribution in [1.82, 2.24) is 5.01 Å². The molecule has 3 aromatic carbocycles. The molecule has 0 bridgehead atoms. The maximum atomic E-state index is 13.4.